The second kappa shape index (κ2) is 15.6. The number of rotatable bonds is 7. The molecule has 3 heterocycles. The highest BCUT2D eigenvalue weighted by molar-refractivity contribution is 5.79. The third-order valence-electron chi connectivity index (χ3n) is 13.7. The number of nitrogens with zero attached hydrogens (tertiary/aromatic N) is 2. The molecule has 3 aliphatic rings. The van der Waals surface area contributed by atoms with E-state index in [4.69, 9.17) is 19.4 Å². The Morgan fingerprint density at radius 3 is 1.60 bits per heavy atom. The fourth-order valence-corrected chi connectivity index (χ4v) is 10.9. The SMILES string of the molecule is Cc1ccccc1-c1nc(-c2cccc3c2Oc2ccccc2C3(c2ccccc2)c2ccccc2)cc(C2C=CC=C3C2Oc2ccccc2C3(c2ccccc2)c2ccccc2)n1. The number of hydrogen-bond donors (Lipinski definition) is 0. The van der Waals surface area contributed by atoms with Gasteiger partial charge in [0.1, 0.15) is 23.4 Å². The van der Waals surface area contributed by atoms with Gasteiger partial charge in [-0.15, -0.1) is 0 Å². The Bertz CT molecular complexity index is 3210. The molecule has 65 heavy (non-hydrogen) atoms. The molecule has 0 fully saturated rings. The van der Waals surface area contributed by atoms with Crippen LogP contribution < -0.4 is 9.47 Å². The molecule has 8 aromatic carbocycles. The molecular formula is C61H44N2O2. The third-order valence-corrected chi connectivity index (χ3v) is 13.7. The van der Waals surface area contributed by atoms with Gasteiger partial charge in [-0.25, -0.2) is 9.97 Å². The van der Waals surface area contributed by atoms with Crippen LogP contribution in [-0.2, 0) is 10.8 Å². The van der Waals surface area contributed by atoms with Crippen molar-refractivity contribution in [1.29, 1.82) is 0 Å². The van der Waals surface area contributed by atoms with Crippen molar-refractivity contribution in [2.24, 2.45) is 0 Å². The second-order valence-electron chi connectivity index (χ2n) is 17.1. The van der Waals surface area contributed by atoms with Gasteiger partial charge in [0.05, 0.1) is 28.1 Å². The van der Waals surface area contributed by atoms with E-state index in [0.29, 0.717) is 5.82 Å². The highest BCUT2D eigenvalue weighted by Gasteiger charge is 2.51. The topological polar surface area (TPSA) is 44.2 Å². The van der Waals surface area contributed by atoms with Crippen LogP contribution in [0.4, 0.5) is 0 Å². The Morgan fingerprint density at radius 1 is 0.462 bits per heavy atom. The van der Waals surface area contributed by atoms with Crippen molar-refractivity contribution in [3.05, 3.63) is 292 Å². The number of aromatic nitrogens is 2. The molecule has 0 amide bonds. The highest BCUT2D eigenvalue weighted by Crippen LogP contribution is 2.59. The van der Waals surface area contributed by atoms with Crippen LogP contribution in [0.3, 0.4) is 0 Å². The number of ether oxygens (including phenoxy) is 2. The van der Waals surface area contributed by atoms with Crippen molar-refractivity contribution < 1.29 is 9.47 Å². The van der Waals surface area contributed by atoms with Gasteiger partial charge in [0.2, 0.25) is 0 Å². The first-order valence-corrected chi connectivity index (χ1v) is 22.4. The van der Waals surface area contributed by atoms with E-state index in [1.54, 1.807) is 0 Å². The summed E-state index contributed by atoms with van der Waals surface area (Å²) in [6.45, 7) is 2.13. The first-order valence-electron chi connectivity index (χ1n) is 22.4. The first kappa shape index (κ1) is 38.6. The summed E-state index contributed by atoms with van der Waals surface area (Å²) in [7, 11) is 0. The molecule has 4 heteroatoms. The van der Waals surface area contributed by atoms with Crippen LogP contribution in [0.15, 0.2) is 242 Å². The molecule has 0 spiro atoms. The van der Waals surface area contributed by atoms with Crippen molar-refractivity contribution in [3.8, 4) is 39.9 Å². The van der Waals surface area contributed by atoms with Gasteiger partial charge in [-0.2, -0.15) is 0 Å². The lowest BCUT2D eigenvalue weighted by atomic mass is 9.59. The van der Waals surface area contributed by atoms with E-state index >= 15 is 0 Å². The van der Waals surface area contributed by atoms with Crippen molar-refractivity contribution in [3.63, 3.8) is 0 Å². The monoisotopic (exact) mass is 836 g/mol. The largest absolute Gasteiger partial charge is 0.485 e. The van der Waals surface area contributed by atoms with Crippen LogP contribution in [0, 0.1) is 6.92 Å². The molecule has 0 saturated heterocycles. The van der Waals surface area contributed by atoms with Gasteiger partial charge < -0.3 is 9.47 Å². The summed E-state index contributed by atoms with van der Waals surface area (Å²) in [5, 5.41) is 0. The van der Waals surface area contributed by atoms with Crippen molar-refractivity contribution in [2.45, 2.75) is 29.8 Å². The Kier molecular flexibility index (Phi) is 9.27. The molecule has 9 aromatic rings. The lowest BCUT2D eigenvalue weighted by Crippen LogP contribution is -2.46. The van der Waals surface area contributed by atoms with Gasteiger partial charge in [-0.3, -0.25) is 0 Å². The predicted octanol–water partition coefficient (Wildman–Crippen LogP) is 14.0. The lowest BCUT2D eigenvalue weighted by Gasteiger charge is -2.48. The van der Waals surface area contributed by atoms with Gasteiger partial charge in [-0.05, 0) is 64.6 Å². The van der Waals surface area contributed by atoms with Crippen molar-refractivity contribution in [2.75, 3.05) is 0 Å². The van der Waals surface area contributed by atoms with Crippen molar-refractivity contribution in [1.82, 2.24) is 9.97 Å². The Hall–Kier alpha value is -8.08. The minimum Gasteiger partial charge on any atom is -0.485 e. The van der Waals surface area contributed by atoms with Crippen LogP contribution in [0.2, 0.25) is 0 Å². The van der Waals surface area contributed by atoms with Crippen molar-refractivity contribution >= 4 is 0 Å². The molecule has 12 rings (SSSR count). The summed E-state index contributed by atoms with van der Waals surface area (Å²) < 4.78 is 14.4. The molecular weight excluding hydrogens is 793 g/mol. The minimum atomic E-state index is -0.676. The zero-order valence-corrected chi connectivity index (χ0v) is 35.9. The second-order valence-corrected chi connectivity index (χ2v) is 17.1. The molecule has 0 bridgehead atoms. The van der Waals surface area contributed by atoms with Gasteiger partial charge >= 0.3 is 0 Å². The normalized spacial score (nSPS) is 17.2. The third kappa shape index (κ3) is 5.98. The molecule has 0 radical (unpaired) electrons. The number of fused-ring (bicyclic) bond motifs is 4. The van der Waals surface area contributed by atoms with Crippen LogP contribution in [0.25, 0.3) is 22.6 Å². The smallest absolute Gasteiger partial charge is 0.160 e. The van der Waals surface area contributed by atoms with Crippen LogP contribution in [0.5, 0.6) is 17.2 Å². The summed E-state index contributed by atoms with van der Waals surface area (Å²) in [6, 6.07) is 77.4. The van der Waals surface area contributed by atoms with Gasteiger partial charge in [0, 0.05) is 27.8 Å². The standard InChI is InChI=1S/C61H44N2O2/c1-41-22-14-15-31-46(41)59-62-53(47-32-20-36-51-57(47)64-55-38-18-16-34-49(55)60(51,42-23-6-2-7-24-42)43-25-8-3-9-26-43)40-54(63-59)48-33-21-37-52-58(48)65-56-39-19-17-35-50(56)61(52,44-27-10-4-11-28-44)45-29-12-5-13-30-45/h2-40,47,57H,1H3. The maximum Gasteiger partial charge on any atom is 0.160 e. The van der Waals surface area contributed by atoms with Gasteiger partial charge in [0.25, 0.3) is 0 Å². The molecule has 2 aliphatic heterocycles. The summed E-state index contributed by atoms with van der Waals surface area (Å²) in [5.41, 5.74) is 12.4. The molecule has 0 N–H and O–H groups in total. The van der Waals surface area contributed by atoms with Gasteiger partial charge in [0.15, 0.2) is 5.82 Å². The summed E-state index contributed by atoms with van der Waals surface area (Å²) in [6.07, 6.45) is 6.33. The number of benzene rings is 8. The van der Waals surface area contributed by atoms with E-state index in [2.05, 4.69) is 244 Å². The van der Waals surface area contributed by atoms with Crippen LogP contribution >= 0.6 is 0 Å². The zero-order chi connectivity index (χ0) is 43.4. The fourth-order valence-electron chi connectivity index (χ4n) is 10.9. The highest BCUT2D eigenvalue weighted by atomic mass is 16.5. The fraction of sp³-hybridized carbons (Fsp3) is 0.0820. The maximum atomic E-state index is 7.27. The lowest BCUT2D eigenvalue weighted by molar-refractivity contribution is 0.185. The predicted molar refractivity (Wildman–Crippen MR) is 260 cm³/mol. The Morgan fingerprint density at radius 2 is 0.969 bits per heavy atom. The molecule has 4 nitrogen and oxygen atoms in total. The van der Waals surface area contributed by atoms with E-state index in [1.165, 1.54) is 11.1 Å². The number of aryl methyl sites for hydroxylation is 1. The summed E-state index contributed by atoms with van der Waals surface area (Å²) >= 11 is 0. The average molecular weight is 837 g/mol. The minimum absolute atomic E-state index is 0.270. The van der Waals surface area contributed by atoms with E-state index < -0.39 is 10.8 Å². The van der Waals surface area contributed by atoms with Crippen LogP contribution in [-0.4, -0.2) is 16.1 Å². The summed E-state index contributed by atoms with van der Waals surface area (Å²) in [4.78, 5) is 11.0. The first-order chi connectivity index (χ1) is 32.2. The number of hydrogen-bond acceptors (Lipinski definition) is 4. The van der Waals surface area contributed by atoms with E-state index in [1.807, 2.05) is 0 Å². The maximum absolute atomic E-state index is 7.27. The quantitative estimate of drug-likeness (QED) is 0.160. The number of para-hydroxylation sites is 3. The average Bonchev–Trinajstić information content (AvgIpc) is 3.38. The molecule has 1 aromatic heterocycles. The molecule has 1 aliphatic carbocycles. The number of allylic oxidation sites excluding steroid dienone is 2. The molecule has 2 atom stereocenters. The molecule has 310 valence electrons. The molecule has 0 saturated carbocycles. The van der Waals surface area contributed by atoms with Crippen LogP contribution in [0.1, 0.15) is 56.1 Å². The van der Waals surface area contributed by atoms with E-state index in [-0.39, 0.29) is 12.0 Å². The summed E-state index contributed by atoms with van der Waals surface area (Å²) in [5.74, 6) is 2.83. The van der Waals surface area contributed by atoms with Gasteiger partial charge in [-0.1, -0.05) is 212 Å². The Balaban J connectivity index is 1.09. The van der Waals surface area contributed by atoms with E-state index in [0.717, 1.165) is 78.7 Å². The molecule has 2 unspecified atom stereocenters. The zero-order valence-electron chi connectivity index (χ0n) is 35.9. The Labute approximate surface area is 379 Å². The van der Waals surface area contributed by atoms with E-state index in [9.17, 15) is 0 Å².